The van der Waals surface area contributed by atoms with E-state index in [0.29, 0.717) is 5.75 Å². The van der Waals surface area contributed by atoms with Gasteiger partial charge in [0.25, 0.3) is 0 Å². The minimum Gasteiger partial charge on any atom is -0.497 e. The Morgan fingerprint density at radius 2 is 1.57 bits per heavy atom. The highest BCUT2D eigenvalue weighted by atomic mass is 16.5. The zero-order chi connectivity index (χ0) is 15.9. The molecular weight excluding hydrogens is 288 g/mol. The fourth-order valence-corrected chi connectivity index (χ4v) is 1.97. The summed E-state index contributed by atoms with van der Waals surface area (Å²) in [6, 6.07) is 26.7. The largest absolute Gasteiger partial charge is 0.497 e. The quantitative estimate of drug-likeness (QED) is 0.657. The first-order valence-electron chi connectivity index (χ1n) is 7.16. The van der Waals surface area contributed by atoms with Gasteiger partial charge in [-0.1, -0.05) is 24.3 Å². The van der Waals surface area contributed by atoms with Gasteiger partial charge in [-0.25, -0.2) is 0 Å². The van der Waals surface area contributed by atoms with Crippen molar-refractivity contribution in [3.05, 3.63) is 78.9 Å². The van der Waals surface area contributed by atoms with Gasteiger partial charge >= 0.3 is 0 Å². The molecule has 3 aromatic carbocycles. The third-order valence-electron chi connectivity index (χ3n) is 3.12. The summed E-state index contributed by atoms with van der Waals surface area (Å²) in [5.74, 6) is 2.17. The molecule has 2 N–H and O–H groups in total. The first-order valence-corrected chi connectivity index (χ1v) is 7.16. The summed E-state index contributed by atoms with van der Waals surface area (Å²) in [5.41, 5.74) is 7.96. The molecule has 0 fully saturated rings. The van der Waals surface area contributed by atoms with Gasteiger partial charge in [0.1, 0.15) is 11.5 Å². The standard InChI is InChI=1S/C19H16N2O2/c1-22-17-12-10-15(11-13-17)20-21-16-6-5-9-19(14-16)23-18-7-3-2-4-8-18/h2-4,6-8,10-14,20-21H,1H3. The highest BCUT2D eigenvalue weighted by Gasteiger charge is 1.99. The average Bonchev–Trinajstić information content (AvgIpc) is 2.62. The Kier molecular flexibility index (Phi) is 4.51. The number of hydrogen-bond acceptors (Lipinski definition) is 4. The summed E-state index contributed by atoms with van der Waals surface area (Å²) in [4.78, 5) is 0. The van der Waals surface area contributed by atoms with Gasteiger partial charge in [-0.2, -0.15) is 0 Å². The van der Waals surface area contributed by atoms with E-state index in [1.807, 2.05) is 60.7 Å². The molecule has 0 heterocycles. The van der Waals surface area contributed by atoms with Crippen LogP contribution in [0.15, 0.2) is 66.7 Å². The van der Waals surface area contributed by atoms with Gasteiger partial charge in [-0.15, -0.1) is 0 Å². The van der Waals surface area contributed by atoms with Crippen LogP contribution in [0.4, 0.5) is 11.4 Å². The number of benzene rings is 2. The van der Waals surface area contributed by atoms with Gasteiger partial charge in [0.05, 0.1) is 18.5 Å². The normalized spacial score (nSPS) is 9.61. The summed E-state index contributed by atoms with van der Waals surface area (Å²) >= 11 is 0. The lowest BCUT2D eigenvalue weighted by Crippen LogP contribution is -2.08. The van der Waals surface area contributed by atoms with Crippen molar-refractivity contribution in [2.45, 2.75) is 0 Å². The molecule has 23 heavy (non-hydrogen) atoms. The topological polar surface area (TPSA) is 42.5 Å². The summed E-state index contributed by atoms with van der Waals surface area (Å²) in [5, 5.41) is 0. The van der Waals surface area contributed by atoms with Gasteiger partial charge in [0.15, 0.2) is 5.75 Å². The molecule has 4 nitrogen and oxygen atoms in total. The van der Waals surface area contributed by atoms with E-state index in [1.165, 1.54) is 0 Å². The van der Waals surface area contributed by atoms with Crippen molar-refractivity contribution < 1.29 is 9.47 Å². The van der Waals surface area contributed by atoms with Crippen LogP contribution in [0.1, 0.15) is 0 Å². The molecule has 0 unspecified atom stereocenters. The molecule has 0 aliphatic rings. The van der Waals surface area contributed by atoms with Crippen molar-refractivity contribution >= 4 is 11.4 Å². The van der Waals surface area contributed by atoms with E-state index >= 15 is 0 Å². The highest BCUT2D eigenvalue weighted by molar-refractivity contribution is 5.54. The van der Waals surface area contributed by atoms with E-state index in [2.05, 4.69) is 23.0 Å². The van der Waals surface area contributed by atoms with Crippen molar-refractivity contribution in [1.82, 2.24) is 0 Å². The second-order valence-corrected chi connectivity index (χ2v) is 4.77. The molecule has 0 aliphatic carbocycles. The molecule has 0 atom stereocenters. The summed E-state index contributed by atoms with van der Waals surface area (Å²) in [6.07, 6.45) is 0. The number of anilines is 2. The Morgan fingerprint density at radius 1 is 0.826 bits per heavy atom. The molecule has 0 radical (unpaired) electrons. The molecule has 3 aromatic rings. The molecule has 0 saturated carbocycles. The molecule has 0 aromatic heterocycles. The Labute approximate surface area is 135 Å². The van der Waals surface area contributed by atoms with Crippen molar-refractivity contribution in [2.75, 3.05) is 18.0 Å². The first-order chi connectivity index (χ1) is 11.3. The number of nitrogens with one attached hydrogen (secondary N) is 2. The lowest BCUT2D eigenvalue weighted by molar-refractivity contribution is 0.415. The minimum atomic E-state index is 0.595. The van der Waals surface area contributed by atoms with E-state index < -0.39 is 0 Å². The second-order valence-electron chi connectivity index (χ2n) is 4.77. The van der Waals surface area contributed by atoms with Crippen LogP contribution < -0.4 is 20.3 Å². The van der Waals surface area contributed by atoms with Crippen LogP contribution in [-0.4, -0.2) is 7.11 Å². The number of ether oxygens (including phenoxy) is 2. The maximum absolute atomic E-state index is 5.73. The van der Waals surface area contributed by atoms with E-state index in [1.54, 1.807) is 13.2 Å². The third kappa shape index (κ3) is 4.08. The van der Waals surface area contributed by atoms with Crippen molar-refractivity contribution in [3.63, 3.8) is 0 Å². The number of rotatable bonds is 6. The van der Waals surface area contributed by atoms with Gasteiger partial charge in [0.2, 0.25) is 0 Å². The number of hydrogen-bond donors (Lipinski definition) is 2. The third-order valence-corrected chi connectivity index (χ3v) is 3.12. The molecule has 0 bridgehead atoms. The van der Waals surface area contributed by atoms with Crippen LogP contribution in [0.25, 0.3) is 0 Å². The van der Waals surface area contributed by atoms with Gasteiger partial charge < -0.3 is 20.3 Å². The summed E-state index contributed by atoms with van der Waals surface area (Å²) in [7, 11) is 1.64. The van der Waals surface area contributed by atoms with Crippen molar-refractivity contribution in [2.24, 2.45) is 0 Å². The molecule has 4 heteroatoms. The molecule has 3 rings (SSSR count). The van der Waals surface area contributed by atoms with Crippen LogP contribution in [0.5, 0.6) is 17.2 Å². The van der Waals surface area contributed by atoms with E-state index in [-0.39, 0.29) is 0 Å². The maximum Gasteiger partial charge on any atom is 0.179 e. The molecule has 0 amide bonds. The monoisotopic (exact) mass is 304 g/mol. The number of hydrazine groups is 1. The van der Waals surface area contributed by atoms with Crippen LogP contribution >= 0.6 is 0 Å². The molecular formula is C19H16N2O2. The Morgan fingerprint density at radius 3 is 2.30 bits per heavy atom. The van der Waals surface area contributed by atoms with Crippen molar-refractivity contribution in [3.8, 4) is 17.2 Å². The lowest BCUT2D eigenvalue weighted by Gasteiger charge is -2.10. The minimum absolute atomic E-state index is 0.595. The maximum atomic E-state index is 5.73. The predicted molar refractivity (Wildman–Crippen MR) is 90.9 cm³/mol. The highest BCUT2D eigenvalue weighted by Crippen LogP contribution is 2.22. The van der Waals surface area contributed by atoms with E-state index in [9.17, 15) is 0 Å². The van der Waals surface area contributed by atoms with Gasteiger partial charge in [-0.05, 0) is 42.5 Å². The molecule has 0 saturated heterocycles. The van der Waals surface area contributed by atoms with E-state index in [0.717, 1.165) is 22.9 Å². The molecule has 0 spiro atoms. The second kappa shape index (κ2) is 7.10. The van der Waals surface area contributed by atoms with Crippen LogP contribution in [-0.2, 0) is 0 Å². The number of para-hydroxylation sites is 1. The number of methoxy groups -OCH3 is 1. The molecule has 114 valence electrons. The summed E-state index contributed by atoms with van der Waals surface area (Å²) < 4.78 is 10.9. The van der Waals surface area contributed by atoms with Crippen LogP contribution in [0.3, 0.4) is 0 Å². The summed E-state index contributed by atoms with van der Waals surface area (Å²) in [6.45, 7) is 0. The molecule has 0 aliphatic heterocycles. The van der Waals surface area contributed by atoms with Gasteiger partial charge in [0, 0.05) is 12.1 Å². The SMILES string of the molecule is COc1ccc(NNc2cc#cc(Oc3ccccc3)c2)cc1. The van der Waals surface area contributed by atoms with Gasteiger partial charge in [-0.3, -0.25) is 0 Å². The fraction of sp³-hybridized carbons (Fsp3) is 0.0526. The van der Waals surface area contributed by atoms with E-state index in [4.69, 9.17) is 9.47 Å². The average molecular weight is 304 g/mol. The van der Waals surface area contributed by atoms with Crippen molar-refractivity contribution in [1.29, 1.82) is 0 Å². The lowest BCUT2D eigenvalue weighted by atomic mass is 10.3. The zero-order valence-electron chi connectivity index (χ0n) is 12.7. The predicted octanol–water partition coefficient (Wildman–Crippen LogP) is 4.53. The Balaban J connectivity index is 1.63. The van der Waals surface area contributed by atoms with Crippen LogP contribution in [0, 0.1) is 12.1 Å². The fourth-order valence-electron chi connectivity index (χ4n) is 1.97. The Hall–Kier alpha value is -3.32. The first kappa shape index (κ1) is 14.6. The van der Waals surface area contributed by atoms with Crippen LogP contribution in [0.2, 0.25) is 0 Å². The smallest absolute Gasteiger partial charge is 0.179 e. The Bertz CT molecular complexity index is 743. The zero-order valence-corrected chi connectivity index (χ0v) is 12.7.